The van der Waals surface area contributed by atoms with E-state index in [9.17, 15) is 4.79 Å². The van der Waals surface area contributed by atoms with Crippen molar-refractivity contribution in [3.8, 4) is 22.7 Å². The number of methoxy groups -OCH3 is 2. The van der Waals surface area contributed by atoms with E-state index in [1.54, 1.807) is 19.1 Å². The van der Waals surface area contributed by atoms with Crippen molar-refractivity contribution in [3.05, 3.63) is 70.8 Å². The summed E-state index contributed by atoms with van der Waals surface area (Å²) in [4.78, 5) is 15.1. The summed E-state index contributed by atoms with van der Waals surface area (Å²) in [5, 5.41) is 4.85. The molecule has 4 rings (SSSR count). The van der Waals surface area contributed by atoms with Crippen LogP contribution in [0.4, 0.5) is 0 Å². The molecule has 0 saturated carbocycles. The molecule has 0 aliphatic carbocycles. The Balaban J connectivity index is 1.78. The number of benzene rings is 2. The molecule has 2 aromatic carbocycles. The molecular formula is C24H23N3O3S2. The summed E-state index contributed by atoms with van der Waals surface area (Å²) in [5.41, 5.74) is 4.51. The van der Waals surface area contributed by atoms with E-state index in [0.29, 0.717) is 22.4 Å². The summed E-state index contributed by atoms with van der Waals surface area (Å²) in [6, 6.07) is 15.8. The minimum atomic E-state index is -0.110. The Morgan fingerprint density at radius 1 is 1.16 bits per heavy atom. The molecule has 1 fully saturated rings. The van der Waals surface area contributed by atoms with Gasteiger partial charge >= 0.3 is 0 Å². The molecule has 6 nitrogen and oxygen atoms in total. The van der Waals surface area contributed by atoms with Crippen LogP contribution >= 0.6 is 24.0 Å². The second kappa shape index (κ2) is 9.68. The number of aryl methyl sites for hydroxylation is 1. The summed E-state index contributed by atoms with van der Waals surface area (Å²) in [6.07, 6.45) is 3.80. The van der Waals surface area contributed by atoms with Gasteiger partial charge in [0.25, 0.3) is 5.91 Å². The van der Waals surface area contributed by atoms with Crippen molar-refractivity contribution in [1.29, 1.82) is 0 Å². The van der Waals surface area contributed by atoms with E-state index in [-0.39, 0.29) is 5.91 Å². The molecule has 2 heterocycles. The molecule has 0 radical (unpaired) electrons. The number of carbonyl (C=O) groups is 1. The standard InChI is InChI=1S/C24H23N3O3S2/c1-16-13-17(9-10-20(16)30-3)22-18(15-27(25-22)19-7-5-4-6-8-19)14-21-23(28)26(11-12-29-2)24(31)32-21/h4-10,13-15H,11-12H2,1-3H3/b21-14-. The Morgan fingerprint density at radius 2 is 1.94 bits per heavy atom. The summed E-state index contributed by atoms with van der Waals surface area (Å²) >= 11 is 6.72. The molecule has 1 aromatic heterocycles. The third-order valence-corrected chi connectivity index (χ3v) is 6.49. The van der Waals surface area contributed by atoms with E-state index in [0.717, 1.165) is 33.8 Å². The van der Waals surface area contributed by atoms with Crippen LogP contribution in [0.3, 0.4) is 0 Å². The normalized spacial score (nSPS) is 15.1. The highest BCUT2D eigenvalue weighted by molar-refractivity contribution is 8.26. The van der Waals surface area contributed by atoms with Gasteiger partial charge in [-0.1, -0.05) is 42.2 Å². The summed E-state index contributed by atoms with van der Waals surface area (Å²) in [6.45, 7) is 2.87. The maximum atomic E-state index is 12.9. The molecule has 32 heavy (non-hydrogen) atoms. The lowest BCUT2D eigenvalue weighted by molar-refractivity contribution is -0.122. The van der Waals surface area contributed by atoms with Crippen molar-refractivity contribution in [2.45, 2.75) is 6.92 Å². The first-order valence-corrected chi connectivity index (χ1v) is 11.3. The molecule has 0 N–H and O–H groups in total. The van der Waals surface area contributed by atoms with Gasteiger partial charge in [-0.15, -0.1) is 0 Å². The minimum absolute atomic E-state index is 0.110. The predicted molar refractivity (Wildman–Crippen MR) is 132 cm³/mol. The highest BCUT2D eigenvalue weighted by Gasteiger charge is 2.32. The van der Waals surface area contributed by atoms with Crippen molar-refractivity contribution in [1.82, 2.24) is 14.7 Å². The first kappa shape index (κ1) is 22.3. The molecule has 1 aliphatic heterocycles. The van der Waals surface area contributed by atoms with E-state index < -0.39 is 0 Å². The third-order valence-electron chi connectivity index (χ3n) is 5.11. The number of para-hydroxylation sites is 1. The van der Waals surface area contributed by atoms with Crippen molar-refractivity contribution in [2.75, 3.05) is 27.4 Å². The zero-order chi connectivity index (χ0) is 22.7. The fourth-order valence-corrected chi connectivity index (χ4v) is 4.77. The Morgan fingerprint density at radius 3 is 2.62 bits per heavy atom. The molecule has 1 aliphatic rings. The van der Waals surface area contributed by atoms with Crippen molar-refractivity contribution in [2.24, 2.45) is 0 Å². The lowest BCUT2D eigenvalue weighted by Gasteiger charge is -2.12. The maximum Gasteiger partial charge on any atom is 0.266 e. The Kier molecular flexibility index (Phi) is 6.74. The largest absolute Gasteiger partial charge is 0.496 e. The molecule has 1 saturated heterocycles. The van der Waals surface area contributed by atoms with E-state index >= 15 is 0 Å². The van der Waals surface area contributed by atoms with Crippen molar-refractivity contribution < 1.29 is 14.3 Å². The van der Waals surface area contributed by atoms with E-state index in [4.69, 9.17) is 26.8 Å². The summed E-state index contributed by atoms with van der Waals surface area (Å²) in [7, 11) is 3.26. The van der Waals surface area contributed by atoms with E-state index in [1.165, 1.54) is 11.8 Å². The van der Waals surface area contributed by atoms with Crippen LogP contribution < -0.4 is 4.74 Å². The van der Waals surface area contributed by atoms with Gasteiger partial charge in [-0.05, 0) is 48.9 Å². The van der Waals surface area contributed by atoms with Crippen LogP contribution in [0.5, 0.6) is 5.75 Å². The predicted octanol–water partition coefficient (Wildman–Crippen LogP) is 4.70. The fourth-order valence-electron chi connectivity index (χ4n) is 3.47. The molecule has 0 bridgehead atoms. The number of thioether (sulfide) groups is 1. The second-order valence-electron chi connectivity index (χ2n) is 7.22. The van der Waals surface area contributed by atoms with Crippen LogP contribution in [-0.2, 0) is 9.53 Å². The van der Waals surface area contributed by atoms with Gasteiger partial charge in [-0.25, -0.2) is 4.68 Å². The average molecular weight is 466 g/mol. The maximum absolute atomic E-state index is 12.9. The highest BCUT2D eigenvalue weighted by atomic mass is 32.2. The second-order valence-corrected chi connectivity index (χ2v) is 8.90. The summed E-state index contributed by atoms with van der Waals surface area (Å²) < 4.78 is 12.9. The van der Waals surface area contributed by atoms with Crippen LogP contribution in [-0.4, -0.2) is 52.3 Å². The molecule has 8 heteroatoms. The van der Waals surface area contributed by atoms with E-state index in [2.05, 4.69) is 0 Å². The lowest BCUT2D eigenvalue weighted by atomic mass is 10.0. The average Bonchev–Trinajstić information content (AvgIpc) is 3.34. The molecule has 164 valence electrons. The molecule has 3 aromatic rings. The quantitative estimate of drug-likeness (QED) is 0.372. The van der Waals surface area contributed by atoms with Gasteiger partial charge in [0, 0.05) is 24.4 Å². The number of nitrogens with zero attached hydrogens (tertiary/aromatic N) is 3. The first-order chi connectivity index (χ1) is 15.5. The SMILES string of the molecule is COCCN1C(=O)/C(=C/c2cn(-c3ccccc3)nc2-c2ccc(OC)c(C)c2)SC1=S. The molecule has 0 spiro atoms. The minimum Gasteiger partial charge on any atom is -0.496 e. The van der Waals surface area contributed by atoms with Crippen molar-refractivity contribution >= 4 is 40.3 Å². The number of hydrogen-bond donors (Lipinski definition) is 0. The highest BCUT2D eigenvalue weighted by Crippen LogP contribution is 2.35. The number of thiocarbonyl (C=S) groups is 1. The molecule has 0 atom stereocenters. The van der Waals surface area contributed by atoms with Gasteiger partial charge in [0.2, 0.25) is 0 Å². The van der Waals surface area contributed by atoms with Crippen LogP contribution in [0, 0.1) is 6.92 Å². The van der Waals surface area contributed by atoms with Crippen LogP contribution in [0.1, 0.15) is 11.1 Å². The number of amides is 1. The Bertz CT molecular complexity index is 1190. The number of carbonyl (C=O) groups excluding carboxylic acids is 1. The van der Waals surface area contributed by atoms with Crippen molar-refractivity contribution in [3.63, 3.8) is 0 Å². The van der Waals surface area contributed by atoms with Crippen LogP contribution in [0.25, 0.3) is 23.0 Å². The van der Waals surface area contributed by atoms with Gasteiger partial charge in [0.15, 0.2) is 0 Å². The number of ether oxygens (including phenoxy) is 2. The number of aromatic nitrogens is 2. The first-order valence-electron chi connectivity index (χ1n) is 10.1. The molecule has 1 amide bonds. The van der Waals surface area contributed by atoms with Crippen LogP contribution in [0.2, 0.25) is 0 Å². The van der Waals surface area contributed by atoms with Crippen LogP contribution in [0.15, 0.2) is 59.6 Å². The molecule has 0 unspecified atom stereocenters. The zero-order valence-corrected chi connectivity index (χ0v) is 19.7. The summed E-state index contributed by atoms with van der Waals surface area (Å²) in [5.74, 6) is 0.707. The Labute approximate surface area is 196 Å². The zero-order valence-electron chi connectivity index (χ0n) is 18.1. The number of hydrogen-bond acceptors (Lipinski definition) is 6. The monoisotopic (exact) mass is 465 g/mol. The van der Waals surface area contributed by atoms with Gasteiger partial charge in [0.05, 0.1) is 30.9 Å². The van der Waals surface area contributed by atoms with E-state index in [1.807, 2.05) is 72.4 Å². The topological polar surface area (TPSA) is 56.6 Å². The Hall–Kier alpha value is -2.94. The smallest absolute Gasteiger partial charge is 0.266 e. The van der Waals surface area contributed by atoms with Gasteiger partial charge < -0.3 is 9.47 Å². The van der Waals surface area contributed by atoms with Gasteiger partial charge in [-0.2, -0.15) is 5.10 Å². The number of rotatable bonds is 7. The third kappa shape index (κ3) is 4.48. The van der Waals surface area contributed by atoms with Gasteiger partial charge in [-0.3, -0.25) is 9.69 Å². The molecular weight excluding hydrogens is 442 g/mol. The lowest BCUT2D eigenvalue weighted by Crippen LogP contribution is -2.31. The van der Waals surface area contributed by atoms with Gasteiger partial charge in [0.1, 0.15) is 15.8 Å². The fraction of sp³-hybridized carbons (Fsp3) is 0.208.